The molecule has 7 nitrogen and oxygen atoms in total. The third-order valence-electron chi connectivity index (χ3n) is 4.91. The van der Waals surface area contributed by atoms with E-state index in [-0.39, 0.29) is 18.2 Å². The highest BCUT2D eigenvalue weighted by atomic mass is 35.5. The number of nitrogens with zero attached hydrogens (tertiary/aromatic N) is 4. The Morgan fingerprint density at radius 3 is 2.43 bits per heavy atom. The predicted molar refractivity (Wildman–Crippen MR) is 120 cm³/mol. The maximum atomic E-state index is 11.5. The van der Waals surface area contributed by atoms with Crippen molar-refractivity contribution < 1.29 is 8.42 Å². The average Bonchev–Trinajstić information content (AvgIpc) is 3.11. The first-order valence-electron chi connectivity index (χ1n) is 9.08. The molecule has 4 aromatic rings. The minimum atomic E-state index is -3.57. The lowest BCUT2D eigenvalue weighted by atomic mass is 9.86. The summed E-state index contributed by atoms with van der Waals surface area (Å²) in [5.74, 6) is -0.120. The lowest BCUT2D eigenvalue weighted by Crippen LogP contribution is -2.32. The molecule has 0 aliphatic rings. The van der Waals surface area contributed by atoms with Crippen molar-refractivity contribution in [1.29, 1.82) is 0 Å². The molecular formula is C21H22ClN5O2S. The molecule has 9 heteroatoms. The van der Waals surface area contributed by atoms with Crippen LogP contribution in [-0.2, 0) is 15.4 Å². The van der Waals surface area contributed by atoms with Crippen molar-refractivity contribution in [1.82, 2.24) is 19.5 Å². The minimum absolute atomic E-state index is 0. The van der Waals surface area contributed by atoms with Gasteiger partial charge in [0.05, 0.1) is 23.3 Å². The second kappa shape index (κ2) is 8.14. The predicted octanol–water partition coefficient (Wildman–Crippen LogP) is 3.47. The van der Waals surface area contributed by atoms with E-state index in [4.69, 9.17) is 5.14 Å². The summed E-state index contributed by atoms with van der Waals surface area (Å²) in [4.78, 5) is 13.1. The van der Waals surface area contributed by atoms with Gasteiger partial charge in [0.1, 0.15) is 12.0 Å². The first kappa shape index (κ1) is 21.9. The van der Waals surface area contributed by atoms with Crippen LogP contribution in [0.1, 0.15) is 19.4 Å². The first-order valence-corrected chi connectivity index (χ1v) is 10.8. The van der Waals surface area contributed by atoms with Crippen molar-refractivity contribution in [3.05, 3.63) is 72.9 Å². The van der Waals surface area contributed by atoms with Crippen molar-refractivity contribution >= 4 is 33.5 Å². The zero-order chi connectivity index (χ0) is 20.6. The van der Waals surface area contributed by atoms with Crippen LogP contribution in [0.4, 0.5) is 0 Å². The fourth-order valence-corrected chi connectivity index (χ4v) is 4.72. The summed E-state index contributed by atoms with van der Waals surface area (Å²) >= 11 is 0. The van der Waals surface area contributed by atoms with Gasteiger partial charge in [0.2, 0.25) is 10.0 Å². The monoisotopic (exact) mass is 443 g/mol. The van der Waals surface area contributed by atoms with E-state index in [1.54, 1.807) is 18.7 Å². The number of rotatable bonds is 5. The number of nitrogens with two attached hydrogens (primary N) is 1. The number of halogens is 1. The van der Waals surface area contributed by atoms with E-state index in [1.807, 2.05) is 67.1 Å². The molecule has 0 radical (unpaired) electrons. The molecule has 0 aliphatic carbocycles. The second-order valence-electron chi connectivity index (χ2n) is 7.62. The summed E-state index contributed by atoms with van der Waals surface area (Å²) in [6.07, 6.45) is 7.00. The normalized spacial score (nSPS) is 12.0. The third-order valence-corrected chi connectivity index (χ3v) is 6.03. The van der Waals surface area contributed by atoms with Gasteiger partial charge in [-0.25, -0.2) is 23.5 Å². The molecule has 1 aromatic carbocycles. The molecule has 3 aromatic heterocycles. The number of fused-ring (bicyclic) bond motifs is 1. The van der Waals surface area contributed by atoms with Crippen molar-refractivity contribution in [2.45, 2.75) is 19.3 Å². The number of sulfonamides is 1. The van der Waals surface area contributed by atoms with Crippen LogP contribution in [0.5, 0.6) is 0 Å². The highest BCUT2D eigenvalue weighted by Crippen LogP contribution is 2.30. The van der Waals surface area contributed by atoms with Gasteiger partial charge in [0, 0.05) is 28.8 Å². The number of hydrogen-bond acceptors (Lipinski definition) is 5. The standard InChI is InChI=1S/C21H21N5O2S.ClH/c1-21(2,13-29(22,27)28)16-7-5-15(6-8-16)19-18-9-11-26(20(18)25-14-24-19)17-4-3-10-23-12-17;/h3-12,14H,13H2,1-2H3,(H2,22,27,28);1H. The Kier molecular flexibility index (Phi) is 5.94. The van der Waals surface area contributed by atoms with E-state index in [0.717, 1.165) is 33.5 Å². The van der Waals surface area contributed by atoms with Gasteiger partial charge < -0.3 is 0 Å². The zero-order valence-electron chi connectivity index (χ0n) is 16.6. The molecule has 0 saturated carbocycles. The van der Waals surface area contributed by atoms with Gasteiger partial charge in [-0.05, 0) is 23.8 Å². The Balaban J connectivity index is 0.00000256. The van der Waals surface area contributed by atoms with Gasteiger partial charge in [-0.15, -0.1) is 12.4 Å². The van der Waals surface area contributed by atoms with Crippen molar-refractivity contribution in [2.24, 2.45) is 5.14 Å². The summed E-state index contributed by atoms with van der Waals surface area (Å²) < 4.78 is 25.0. The molecule has 0 fully saturated rings. The number of pyridine rings is 1. The molecule has 156 valence electrons. The molecule has 0 unspecified atom stereocenters. The first-order chi connectivity index (χ1) is 13.7. The number of hydrogen-bond donors (Lipinski definition) is 1. The summed E-state index contributed by atoms with van der Waals surface area (Å²) in [6, 6.07) is 13.6. The third kappa shape index (κ3) is 4.35. The minimum Gasteiger partial charge on any atom is -0.300 e. The van der Waals surface area contributed by atoms with Gasteiger partial charge >= 0.3 is 0 Å². The highest BCUT2D eigenvalue weighted by molar-refractivity contribution is 7.89. The van der Waals surface area contributed by atoms with E-state index in [1.165, 1.54) is 0 Å². The van der Waals surface area contributed by atoms with Gasteiger partial charge in [-0.3, -0.25) is 9.55 Å². The Hall–Kier alpha value is -2.81. The number of aromatic nitrogens is 4. The average molecular weight is 444 g/mol. The molecule has 0 atom stereocenters. The van der Waals surface area contributed by atoms with Crippen LogP contribution in [0.15, 0.2) is 67.4 Å². The van der Waals surface area contributed by atoms with Crippen LogP contribution in [0.25, 0.3) is 28.0 Å². The van der Waals surface area contributed by atoms with Crippen LogP contribution in [0.2, 0.25) is 0 Å². The molecule has 3 heterocycles. The van der Waals surface area contributed by atoms with Gasteiger partial charge in [0.25, 0.3) is 0 Å². The van der Waals surface area contributed by atoms with E-state index in [0.29, 0.717) is 0 Å². The van der Waals surface area contributed by atoms with Crippen LogP contribution < -0.4 is 5.14 Å². The fourth-order valence-electron chi connectivity index (χ4n) is 3.55. The summed E-state index contributed by atoms with van der Waals surface area (Å²) in [5, 5.41) is 6.16. The molecule has 30 heavy (non-hydrogen) atoms. The molecular weight excluding hydrogens is 422 g/mol. The SMILES string of the molecule is CC(C)(CS(N)(=O)=O)c1ccc(-c2ncnc3c2ccn3-c2cccnc2)cc1.Cl. The number of benzene rings is 1. The van der Waals surface area contributed by atoms with E-state index in [9.17, 15) is 8.42 Å². The smallest absolute Gasteiger partial charge is 0.209 e. The Bertz CT molecular complexity index is 1270. The lowest BCUT2D eigenvalue weighted by Gasteiger charge is -2.24. The maximum absolute atomic E-state index is 11.5. The van der Waals surface area contributed by atoms with Gasteiger partial charge in [-0.1, -0.05) is 38.1 Å². The van der Waals surface area contributed by atoms with Crippen molar-refractivity contribution in [3.8, 4) is 16.9 Å². The Labute approximate surface area is 181 Å². The molecule has 2 N–H and O–H groups in total. The van der Waals surface area contributed by atoms with Crippen LogP contribution in [-0.4, -0.2) is 33.7 Å². The Morgan fingerprint density at radius 1 is 1.07 bits per heavy atom. The molecule has 0 saturated heterocycles. The zero-order valence-corrected chi connectivity index (χ0v) is 18.2. The summed E-state index contributed by atoms with van der Waals surface area (Å²) in [7, 11) is -3.57. The number of primary sulfonamides is 1. The topological polar surface area (TPSA) is 104 Å². The van der Waals surface area contributed by atoms with Crippen LogP contribution in [0.3, 0.4) is 0 Å². The molecule has 0 aliphatic heterocycles. The Morgan fingerprint density at radius 2 is 1.80 bits per heavy atom. The second-order valence-corrected chi connectivity index (χ2v) is 9.24. The van der Waals surface area contributed by atoms with Crippen LogP contribution in [0, 0.1) is 0 Å². The van der Waals surface area contributed by atoms with Crippen molar-refractivity contribution in [2.75, 3.05) is 5.75 Å². The molecule has 0 bridgehead atoms. The van der Waals surface area contributed by atoms with Gasteiger partial charge in [-0.2, -0.15) is 0 Å². The van der Waals surface area contributed by atoms with Gasteiger partial charge in [0.15, 0.2) is 0 Å². The molecule has 0 amide bonds. The summed E-state index contributed by atoms with van der Waals surface area (Å²) in [5.41, 5.74) is 3.77. The van der Waals surface area contributed by atoms with E-state index < -0.39 is 15.4 Å². The summed E-state index contributed by atoms with van der Waals surface area (Å²) in [6.45, 7) is 3.73. The van der Waals surface area contributed by atoms with Crippen LogP contribution >= 0.6 is 12.4 Å². The maximum Gasteiger partial charge on any atom is 0.209 e. The van der Waals surface area contributed by atoms with E-state index >= 15 is 0 Å². The fraction of sp³-hybridized carbons (Fsp3) is 0.190. The molecule has 4 rings (SSSR count). The highest BCUT2D eigenvalue weighted by Gasteiger charge is 2.26. The molecule has 0 spiro atoms. The van der Waals surface area contributed by atoms with Crippen molar-refractivity contribution in [3.63, 3.8) is 0 Å². The quantitative estimate of drug-likeness (QED) is 0.508. The largest absolute Gasteiger partial charge is 0.300 e. The lowest BCUT2D eigenvalue weighted by molar-refractivity contribution is 0.549. The van der Waals surface area contributed by atoms with E-state index in [2.05, 4.69) is 15.0 Å².